The lowest BCUT2D eigenvalue weighted by molar-refractivity contribution is 0.0695. The molecule has 7 nitrogen and oxygen atoms in total. The number of benzene rings is 3. The van der Waals surface area contributed by atoms with Crippen molar-refractivity contribution in [2.45, 2.75) is 18.4 Å². The van der Waals surface area contributed by atoms with Crippen LogP contribution in [0.2, 0.25) is 0 Å². The van der Waals surface area contributed by atoms with Crippen molar-refractivity contribution in [3.05, 3.63) is 96.1 Å². The maximum Gasteiger partial charge on any atom is 0.336 e. The summed E-state index contributed by atoms with van der Waals surface area (Å²) in [6, 6.07) is 18.3. The minimum Gasteiger partial charge on any atom is -0.478 e. The highest BCUT2D eigenvalue weighted by Crippen LogP contribution is 2.37. The third-order valence-corrected chi connectivity index (χ3v) is 6.43. The summed E-state index contributed by atoms with van der Waals surface area (Å²) in [5.41, 5.74) is 2.84. The van der Waals surface area contributed by atoms with E-state index in [1.54, 1.807) is 42.3 Å². The number of ether oxygens (including phenoxy) is 1. The number of aromatic carboxylic acids is 1. The lowest BCUT2D eigenvalue weighted by Gasteiger charge is -2.19. The molecule has 1 N–H and O–H groups in total. The molecule has 0 atom stereocenters. The number of carbonyl (C=O) groups is 1. The lowest BCUT2D eigenvalue weighted by Crippen LogP contribution is -2.13. The van der Waals surface area contributed by atoms with Crippen LogP contribution in [-0.4, -0.2) is 35.3 Å². The molecule has 4 rings (SSSR count). The summed E-state index contributed by atoms with van der Waals surface area (Å²) >= 11 is 0. The van der Waals surface area contributed by atoms with Crippen LogP contribution in [0.4, 0.5) is 0 Å². The number of rotatable bonds is 7. The van der Waals surface area contributed by atoms with E-state index in [9.17, 15) is 18.3 Å². The highest BCUT2D eigenvalue weighted by molar-refractivity contribution is 7.90. The Bertz CT molecular complexity index is 1400. The molecule has 0 aliphatic carbocycles. The molecule has 8 heteroatoms. The largest absolute Gasteiger partial charge is 0.478 e. The Labute approximate surface area is 191 Å². The average Bonchev–Trinajstić information content (AvgIpc) is 3.30. The van der Waals surface area contributed by atoms with E-state index in [1.165, 1.54) is 6.07 Å². The van der Waals surface area contributed by atoms with Gasteiger partial charge in [0.1, 0.15) is 16.4 Å². The molecule has 0 unspecified atom stereocenters. The molecule has 0 saturated carbocycles. The zero-order valence-corrected chi connectivity index (χ0v) is 18.9. The van der Waals surface area contributed by atoms with Crippen molar-refractivity contribution >= 4 is 15.8 Å². The predicted molar refractivity (Wildman–Crippen MR) is 125 cm³/mol. The normalized spacial score (nSPS) is 11.3. The molecule has 3 aromatic carbocycles. The highest BCUT2D eigenvalue weighted by atomic mass is 32.2. The van der Waals surface area contributed by atoms with Crippen LogP contribution in [0.1, 0.15) is 21.5 Å². The standard InChI is InChI=1S/C25H22N2O5S/c1-17-22(15-27-13-12-26-16-27)21(25(28)29)14-23(33(2,30)31)24(17)32-20-10-8-19(9-11-20)18-6-4-3-5-7-18/h3-14,16H,15H2,1-2H3,(H,28,29). The molecular weight excluding hydrogens is 440 g/mol. The number of sulfone groups is 1. The highest BCUT2D eigenvalue weighted by Gasteiger charge is 2.26. The number of nitrogens with zero attached hydrogens (tertiary/aromatic N) is 2. The van der Waals surface area contributed by atoms with Crippen molar-refractivity contribution in [3.63, 3.8) is 0 Å². The molecule has 0 fully saturated rings. The van der Waals surface area contributed by atoms with Gasteiger partial charge in [-0.3, -0.25) is 0 Å². The first-order valence-corrected chi connectivity index (χ1v) is 12.0. The first-order chi connectivity index (χ1) is 15.7. The third kappa shape index (κ3) is 4.80. The van der Waals surface area contributed by atoms with Gasteiger partial charge in [0.2, 0.25) is 0 Å². The molecule has 168 valence electrons. The minimum absolute atomic E-state index is 0.0894. The second-order valence-electron chi connectivity index (χ2n) is 7.66. The van der Waals surface area contributed by atoms with Gasteiger partial charge < -0.3 is 14.4 Å². The van der Waals surface area contributed by atoms with Crippen molar-refractivity contribution in [1.82, 2.24) is 9.55 Å². The quantitative estimate of drug-likeness (QED) is 0.424. The summed E-state index contributed by atoms with van der Waals surface area (Å²) in [4.78, 5) is 15.8. The summed E-state index contributed by atoms with van der Waals surface area (Å²) in [5.74, 6) is -0.652. The third-order valence-electron chi connectivity index (χ3n) is 5.33. The van der Waals surface area contributed by atoms with Crippen LogP contribution >= 0.6 is 0 Å². The fraction of sp³-hybridized carbons (Fsp3) is 0.120. The molecule has 0 radical (unpaired) electrons. The Morgan fingerprint density at radius 3 is 2.30 bits per heavy atom. The minimum atomic E-state index is -3.77. The molecule has 0 spiro atoms. The van der Waals surface area contributed by atoms with E-state index in [1.807, 2.05) is 42.5 Å². The van der Waals surface area contributed by atoms with Gasteiger partial charge in [0.05, 0.1) is 11.9 Å². The van der Waals surface area contributed by atoms with E-state index in [2.05, 4.69) is 4.98 Å². The first-order valence-electron chi connectivity index (χ1n) is 10.1. The summed E-state index contributed by atoms with van der Waals surface area (Å²) < 4.78 is 32.9. The van der Waals surface area contributed by atoms with Crippen LogP contribution in [0.3, 0.4) is 0 Å². The van der Waals surface area contributed by atoms with E-state index < -0.39 is 15.8 Å². The second-order valence-corrected chi connectivity index (χ2v) is 9.64. The first kappa shape index (κ1) is 22.3. The van der Waals surface area contributed by atoms with Crippen molar-refractivity contribution in [2.24, 2.45) is 0 Å². The Balaban J connectivity index is 1.80. The molecule has 0 saturated heterocycles. The zero-order chi connectivity index (χ0) is 23.6. The second kappa shape index (κ2) is 8.91. The van der Waals surface area contributed by atoms with E-state index in [-0.39, 0.29) is 22.8 Å². The van der Waals surface area contributed by atoms with E-state index in [0.29, 0.717) is 16.9 Å². The molecule has 4 aromatic rings. The van der Waals surface area contributed by atoms with Gasteiger partial charge >= 0.3 is 5.97 Å². The molecule has 0 aliphatic rings. The van der Waals surface area contributed by atoms with Crippen molar-refractivity contribution < 1.29 is 23.1 Å². The molecule has 33 heavy (non-hydrogen) atoms. The number of hydrogen-bond acceptors (Lipinski definition) is 5. The molecule has 0 aliphatic heterocycles. The average molecular weight is 463 g/mol. The summed E-state index contributed by atoms with van der Waals surface area (Å²) in [5, 5.41) is 9.77. The molecule has 0 amide bonds. The SMILES string of the molecule is Cc1c(Cn2ccnc2)c(C(=O)O)cc(S(C)(=O)=O)c1Oc1ccc(-c2ccccc2)cc1. The molecule has 0 bridgehead atoms. The van der Waals surface area contributed by atoms with Crippen LogP contribution in [0.25, 0.3) is 11.1 Å². The van der Waals surface area contributed by atoms with Crippen LogP contribution in [0.15, 0.2) is 84.3 Å². The van der Waals surface area contributed by atoms with Gasteiger partial charge in [0.25, 0.3) is 0 Å². The van der Waals surface area contributed by atoms with Crippen molar-refractivity contribution in [2.75, 3.05) is 6.26 Å². The lowest BCUT2D eigenvalue weighted by atomic mass is 10.0. The van der Waals surface area contributed by atoms with Gasteiger partial charge in [-0.1, -0.05) is 42.5 Å². The van der Waals surface area contributed by atoms with Crippen LogP contribution in [-0.2, 0) is 16.4 Å². The number of aromatic nitrogens is 2. The molecule has 1 aromatic heterocycles. The summed E-state index contributed by atoms with van der Waals surface area (Å²) in [6.07, 6.45) is 5.90. The predicted octanol–water partition coefficient (Wildman–Crippen LogP) is 4.80. The van der Waals surface area contributed by atoms with Gasteiger partial charge in [-0.15, -0.1) is 0 Å². The monoisotopic (exact) mass is 462 g/mol. The topological polar surface area (TPSA) is 98.5 Å². The van der Waals surface area contributed by atoms with Crippen molar-refractivity contribution in [1.29, 1.82) is 0 Å². The fourth-order valence-corrected chi connectivity index (χ4v) is 4.49. The maximum absolute atomic E-state index is 12.6. The Hall–Kier alpha value is -3.91. The molecular formula is C25H22N2O5S. The van der Waals surface area contributed by atoms with Crippen molar-refractivity contribution in [3.8, 4) is 22.6 Å². The van der Waals surface area contributed by atoms with Gasteiger partial charge in [-0.2, -0.15) is 0 Å². The fourth-order valence-electron chi connectivity index (χ4n) is 3.63. The number of carboxylic acid groups (broad SMARTS) is 1. The van der Waals surface area contributed by atoms with Gasteiger partial charge in [-0.05, 0) is 47.4 Å². The van der Waals surface area contributed by atoms with E-state index in [4.69, 9.17) is 4.74 Å². The summed E-state index contributed by atoms with van der Waals surface area (Å²) in [6.45, 7) is 1.88. The number of hydrogen-bond donors (Lipinski definition) is 1. The number of imidazole rings is 1. The van der Waals surface area contributed by atoms with Crippen LogP contribution in [0, 0.1) is 6.92 Å². The van der Waals surface area contributed by atoms with Crippen LogP contribution < -0.4 is 4.74 Å². The summed E-state index contributed by atoms with van der Waals surface area (Å²) in [7, 11) is -3.77. The maximum atomic E-state index is 12.6. The van der Waals surface area contributed by atoms with Gasteiger partial charge in [-0.25, -0.2) is 18.2 Å². The molecule has 1 heterocycles. The van der Waals surface area contributed by atoms with Gasteiger partial charge in [0, 0.05) is 25.2 Å². The van der Waals surface area contributed by atoms with E-state index >= 15 is 0 Å². The number of carboxylic acids is 1. The smallest absolute Gasteiger partial charge is 0.336 e. The Kier molecular flexibility index (Phi) is 6.02. The Morgan fingerprint density at radius 1 is 1.06 bits per heavy atom. The van der Waals surface area contributed by atoms with Crippen LogP contribution in [0.5, 0.6) is 11.5 Å². The Morgan fingerprint density at radius 2 is 1.73 bits per heavy atom. The van der Waals surface area contributed by atoms with Gasteiger partial charge in [0.15, 0.2) is 9.84 Å². The van der Waals surface area contributed by atoms with E-state index in [0.717, 1.165) is 17.4 Å². The zero-order valence-electron chi connectivity index (χ0n) is 18.1.